The summed E-state index contributed by atoms with van der Waals surface area (Å²) >= 11 is 1.60. The number of amides is 1. The van der Waals surface area contributed by atoms with E-state index < -0.39 is 0 Å². The highest BCUT2D eigenvalue weighted by molar-refractivity contribution is 7.09. The lowest BCUT2D eigenvalue weighted by molar-refractivity contribution is -0.130. The van der Waals surface area contributed by atoms with Crippen LogP contribution in [0.4, 0.5) is 0 Å². The average molecular weight is 430 g/mol. The molecule has 2 heterocycles. The Hall–Kier alpha value is -2.45. The van der Waals surface area contributed by atoms with Crippen molar-refractivity contribution in [3.8, 4) is 0 Å². The SMILES string of the molecule is CCNC(=NCC(=O)N1CCc2ccccc2C1)N(C)Cc1csc(C(C)OC)n1. The average Bonchev–Trinajstić information content (AvgIpc) is 3.23. The number of methoxy groups -OCH3 is 1. The minimum absolute atomic E-state index is 0.0109. The third kappa shape index (κ3) is 5.58. The van der Waals surface area contributed by atoms with Gasteiger partial charge in [-0.2, -0.15) is 0 Å². The number of benzene rings is 1. The molecular formula is C22H31N5O2S. The lowest BCUT2D eigenvalue weighted by atomic mass is 10.00. The number of thiazole rings is 1. The Morgan fingerprint density at radius 3 is 2.90 bits per heavy atom. The van der Waals surface area contributed by atoms with Crippen molar-refractivity contribution in [1.82, 2.24) is 20.1 Å². The number of fused-ring (bicyclic) bond motifs is 1. The van der Waals surface area contributed by atoms with Crippen LogP contribution < -0.4 is 5.32 Å². The quantitative estimate of drug-likeness (QED) is 0.541. The number of guanidine groups is 1. The van der Waals surface area contributed by atoms with E-state index in [-0.39, 0.29) is 18.6 Å². The van der Waals surface area contributed by atoms with Crippen LogP contribution in [0.25, 0.3) is 0 Å². The molecule has 0 bridgehead atoms. The summed E-state index contributed by atoms with van der Waals surface area (Å²) in [6.45, 7) is 6.91. The minimum atomic E-state index is -0.0109. The molecule has 30 heavy (non-hydrogen) atoms. The van der Waals surface area contributed by atoms with Gasteiger partial charge in [-0.3, -0.25) is 4.79 Å². The van der Waals surface area contributed by atoms with Gasteiger partial charge in [-0.15, -0.1) is 11.3 Å². The fourth-order valence-corrected chi connectivity index (χ4v) is 4.26. The summed E-state index contributed by atoms with van der Waals surface area (Å²) in [6, 6.07) is 8.33. The molecule has 1 aliphatic rings. The van der Waals surface area contributed by atoms with Gasteiger partial charge in [-0.05, 0) is 31.4 Å². The summed E-state index contributed by atoms with van der Waals surface area (Å²) in [5, 5.41) is 6.28. The largest absolute Gasteiger partial charge is 0.375 e. The Morgan fingerprint density at radius 1 is 1.40 bits per heavy atom. The van der Waals surface area contributed by atoms with Crippen LogP contribution in [0.1, 0.15) is 41.8 Å². The molecule has 162 valence electrons. The van der Waals surface area contributed by atoms with Crippen LogP contribution in [0.5, 0.6) is 0 Å². The summed E-state index contributed by atoms with van der Waals surface area (Å²) in [5.74, 6) is 0.760. The van der Waals surface area contributed by atoms with E-state index in [9.17, 15) is 4.79 Å². The molecule has 0 saturated heterocycles. The predicted molar refractivity (Wildman–Crippen MR) is 121 cm³/mol. The lowest BCUT2D eigenvalue weighted by Gasteiger charge is -2.28. The van der Waals surface area contributed by atoms with E-state index >= 15 is 0 Å². The van der Waals surface area contributed by atoms with Crippen LogP contribution in [0.15, 0.2) is 34.6 Å². The van der Waals surface area contributed by atoms with Gasteiger partial charge in [0.1, 0.15) is 17.7 Å². The molecule has 1 amide bonds. The van der Waals surface area contributed by atoms with Crippen molar-refractivity contribution in [2.24, 2.45) is 4.99 Å². The summed E-state index contributed by atoms with van der Waals surface area (Å²) in [4.78, 5) is 25.9. The van der Waals surface area contributed by atoms with E-state index in [1.807, 2.05) is 42.1 Å². The fraction of sp³-hybridized carbons (Fsp3) is 0.500. The Morgan fingerprint density at radius 2 is 2.17 bits per heavy atom. The lowest BCUT2D eigenvalue weighted by Crippen LogP contribution is -2.41. The van der Waals surface area contributed by atoms with Crippen LogP contribution in [0, 0.1) is 0 Å². The van der Waals surface area contributed by atoms with E-state index in [1.54, 1.807) is 18.4 Å². The van der Waals surface area contributed by atoms with E-state index in [1.165, 1.54) is 11.1 Å². The number of carbonyl (C=O) groups excluding carboxylic acids is 1. The number of ether oxygens (including phenoxy) is 1. The summed E-state index contributed by atoms with van der Waals surface area (Å²) < 4.78 is 5.34. The zero-order valence-electron chi connectivity index (χ0n) is 18.2. The van der Waals surface area contributed by atoms with Crippen LogP contribution in [-0.4, -0.2) is 60.4 Å². The van der Waals surface area contributed by atoms with Gasteiger partial charge in [0.25, 0.3) is 0 Å². The molecule has 2 aromatic rings. The molecule has 3 rings (SSSR count). The predicted octanol–water partition coefficient (Wildman–Crippen LogP) is 2.83. The third-order valence-corrected chi connectivity index (χ3v) is 6.27. The van der Waals surface area contributed by atoms with Gasteiger partial charge in [0.05, 0.1) is 12.2 Å². The maximum atomic E-state index is 12.8. The van der Waals surface area contributed by atoms with Crippen molar-refractivity contribution in [1.29, 1.82) is 0 Å². The second-order valence-corrected chi connectivity index (χ2v) is 8.30. The van der Waals surface area contributed by atoms with Crippen LogP contribution in [0.2, 0.25) is 0 Å². The molecule has 0 saturated carbocycles. The van der Waals surface area contributed by atoms with Crippen LogP contribution >= 0.6 is 11.3 Å². The molecular weight excluding hydrogens is 398 g/mol. The summed E-state index contributed by atoms with van der Waals surface area (Å²) in [5.41, 5.74) is 3.53. The monoisotopic (exact) mass is 429 g/mol. The number of nitrogens with zero attached hydrogens (tertiary/aromatic N) is 4. The molecule has 1 unspecified atom stereocenters. The van der Waals surface area contributed by atoms with Gasteiger partial charge < -0.3 is 19.9 Å². The third-order valence-electron chi connectivity index (χ3n) is 5.21. The second kappa shape index (κ2) is 10.5. The minimum Gasteiger partial charge on any atom is -0.375 e. The van der Waals surface area contributed by atoms with E-state index in [0.717, 1.165) is 30.2 Å². The van der Waals surface area contributed by atoms with E-state index in [0.29, 0.717) is 19.0 Å². The maximum absolute atomic E-state index is 12.8. The molecule has 0 fully saturated rings. The van der Waals surface area contributed by atoms with Crippen molar-refractivity contribution >= 4 is 23.2 Å². The first-order valence-electron chi connectivity index (χ1n) is 10.3. The van der Waals surface area contributed by atoms with Crippen molar-refractivity contribution in [2.75, 3.05) is 33.8 Å². The Balaban J connectivity index is 1.61. The molecule has 0 aliphatic carbocycles. The first-order valence-corrected chi connectivity index (χ1v) is 11.2. The molecule has 7 nitrogen and oxygen atoms in total. The number of aliphatic imine (C=N–C) groups is 1. The van der Waals surface area contributed by atoms with Crippen molar-refractivity contribution < 1.29 is 9.53 Å². The van der Waals surface area contributed by atoms with Gasteiger partial charge in [-0.1, -0.05) is 24.3 Å². The first kappa shape index (κ1) is 22.2. The normalized spacial score (nSPS) is 14.9. The van der Waals surface area contributed by atoms with Gasteiger partial charge >= 0.3 is 0 Å². The van der Waals surface area contributed by atoms with Crippen molar-refractivity contribution in [2.45, 2.75) is 39.5 Å². The Bertz CT molecular complexity index is 882. The number of aromatic nitrogens is 1. The van der Waals surface area contributed by atoms with E-state index in [2.05, 4.69) is 33.5 Å². The topological polar surface area (TPSA) is 70.1 Å². The molecule has 1 aromatic carbocycles. The van der Waals surface area contributed by atoms with Gasteiger partial charge in [0.15, 0.2) is 5.96 Å². The Kier molecular flexibility index (Phi) is 7.81. The van der Waals surface area contributed by atoms with Gasteiger partial charge in [0.2, 0.25) is 5.91 Å². The smallest absolute Gasteiger partial charge is 0.244 e. The molecule has 0 radical (unpaired) electrons. The summed E-state index contributed by atoms with van der Waals surface area (Å²) in [7, 11) is 3.65. The van der Waals surface area contributed by atoms with Crippen LogP contribution in [-0.2, 0) is 29.0 Å². The first-order chi connectivity index (χ1) is 14.5. The highest BCUT2D eigenvalue weighted by Gasteiger charge is 2.20. The molecule has 0 spiro atoms. The van der Waals surface area contributed by atoms with E-state index in [4.69, 9.17) is 4.74 Å². The fourth-order valence-electron chi connectivity index (χ4n) is 3.42. The van der Waals surface area contributed by atoms with Crippen molar-refractivity contribution in [3.05, 3.63) is 51.5 Å². The number of nitrogens with one attached hydrogen (secondary N) is 1. The molecule has 1 aromatic heterocycles. The molecule has 1 N–H and O–H groups in total. The highest BCUT2D eigenvalue weighted by Crippen LogP contribution is 2.21. The van der Waals surface area contributed by atoms with Gasteiger partial charge in [0, 0.05) is 39.2 Å². The molecule has 1 aliphatic heterocycles. The number of hydrogen-bond donors (Lipinski definition) is 1. The van der Waals surface area contributed by atoms with Gasteiger partial charge in [-0.25, -0.2) is 9.98 Å². The maximum Gasteiger partial charge on any atom is 0.244 e. The highest BCUT2D eigenvalue weighted by atomic mass is 32.1. The molecule has 1 atom stereocenters. The second-order valence-electron chi connectivity index (χ2n) is 7.42. The zero-order chi connectivity index (χ0) is 21.5. The van der Waals surface area contributed by atoms with Crippen LogP contribution in [0.3, 0.4) is 0 Å². The Labute approximate surface area is 182 Å². The molecule has 8 heteroatoms. The number of carbonyl (C=O) groups is 1. The summed E-state index contributed by atoms with van der Waals surface area (Å²) in [6.07, 6.45) is 0.890. The number of rotatable bonds is 7. The number of hydrogen-bond acceptors (Lipinski definition) is 5. The standard InChI is InChI=1S/C22H31N5O2S/c1-5-23-22(26(3)14-19-15-30-21(25-19)16(2)29-4)24-12-20(28)27-11-10-17-8-6-7-9-18(17)13-27/h6-9,15-16H,5,10-14H2,1-4H3,(H,23,24). The zero-order valence-corrected chi connectivity index (χ0v) is 19.0. The van der Waals surface area contributed by atoms with Crippen molar-refractivity contribution in [3.63, 3.8) is 0 Å².